The lowest BCUT2D eigenvalue weighted by Gasteiger charge is -2.23. The number of para-hydroxylation sites is 1. The second-order valence-corrected chi connectivity index (χ2v) is 6.76. The third-order valence-electron chi connectivity index (χ3n) is 4.42. The molecule has 0 amide bonds. The van der Waals surface area contributed by atoms with Crippen molar-refractivity contribution in [2.45, 2.75) is 13.5 Å². The molecule has 144 valence electrons. The number of thiocarbonyl (C=S) groups is 1. The highest BCUT2D eigenvalue weighted by molar-refractivity contribution is 7.80. The molecule has 0 bridgehead atoms. The van der Waals surface area contributed by atoms with Crippen LogP contribution in [-0.2, 0) is 6.54 Å². The number of H-pyrrole nitrogens is 1. The lowest BCUT2D eigenvalue weighted by atomic mass is 10.2. The Bertz CT molecular complexity index is 1120. The molecule has 4 N–H and O–H groups in total. The molecule has 28 heavy (non-hydrogen) atoms. The number of aryl methyl sites for hydroxylation is 1. The first-order chi connectivity index (χ1) is 13.4. The fourth-order valence-electron chi connectivity index (χ4n) is 2.84. The average Bonchev–Trinajstić information content (AvgIpc) is 2.67. The Balaban J connectivity index is 1.95. The molecule has 2 aromatic carbocycles. The molecule has 3 rings (SSSR count). The van der Waals surface area contributed by atoms with Gasteiger partial charge in [-0.3, -0.25) is 14.3 Å². The zero-order valence-electron chi connectivity index (χ0n) is 15.6. The molecule has 0 aliphatic rings. The first kappa shape index (κ1) is 19.4. The zero-order valence-corrected chi connectivity index (χ0v) is 16.4. The van der Waals surface area contributed by atoms with E-state index in [-0.39, 0.29) is 23.2 Å². The van der Waals surface area contributed by atoms with Gasteiger partial charge in [0, 0.05) is 12.7 Å². The van der Waals surface area contributed by atoms with E-state index in [1.165, 1.54) is 9.47 Å². The van der Waals surface area contributed by atoms with Gasteiger partial charge >= 0.3 is 5.69 Å². The molecule has 3 aromatic rings. The van der Waals surface area contributed by atoms with Gasteiger partial charge in [0.05, 0.1) is 6.54 Å². The Labute approximate surface area is 167 Å². The average molecular weight is 395 g/mol. The number of nitrogens with one attached hydrogen (secondary N) is 2. The summed E-state index contributed by atoms with van der Waals surface area (Å²) in [7, 11) is 1.63. The third-order valence-corrected chi connectivity index (χ3v) is 4.80. The monoisotopic (exact) mass is 395 g/mol. The van der Waals surface area contributed by atoms with Crippen LogP contribution in [0.25, 0.3) is 0 Å². The summed E-state index contributed by atoms with van der Waals surface area (Å²) in [6.07, 6.45) is 0. The molecule has 1 heterocycles. The van der Waals surface area contributed by atoms with Gasteiger partial charge in [-0.25, -0.2) is 4.79 Å². The molecule has 0 unspecified atom stereocenters. The highest BCUT2D eigenvalue weighted by Gasteiger charge is 2.19. The van der Waals surface area contributed by atoms with Crippen molar-refractivity contribution in [3.05, 3.63) is 86.6 Å². The van der Waals surface area contributed by atoms with Crippen molar-refractivity contribution in [1.82, 2.24) is 9.55 Å². The third kappa shape index (κ3) is 3.96. The number of aromatic nitrogens is 2. The van der Waals surface area contributed by atoms with Gasteiger partial charge in [-0.15, -0.1) is 0 Å². The molecule has 8 heteroatoms. The van der Waals surface area contributed by atoms with Gasteiger partial charge in [0.1, 0.15) is 5.82 Å². The van der Waals surface area contributed by atoms with Crippen LogP contribution >= 0.6 is 12.2 Å². The molecule has 0 fully saturated rings. The van der Waals surface area contributed by atoms with Crippen molar-refractivity contribution in [3.8, 4) is 0 Å². The van der Waals surface area contributed by atoms with Gasteiger partial charge in [0.2, 0.25) is 0 Å². The molecule has 0 spiro atoms. The number of hydrogen-bond acceptors (Lipinski definition) is 4. The number of nitrogens with two attached hydrogens (primary N) is 1. The topological polar surface area (TPSA) is 96.2 Å². The summed E-state index contributed by atoms with van der Waals surface area (Å²) < 4.78 is 1.32. The quantitative estimate of drug-likeness (QED) is 0.587. The summed E-state index contributed by atoms with van der Waals surface area (Å²) in [6.45, 7) is 2.19. The Kier molecular flexibility index (Phi) is 5.60. The van der Waals surface area contributed by atoms with Crippen LogP contribution < -0.4 is 27.2 Å². The molecule has 0 aliphatic heterocycles. The molecule has 7 nitrogen and oxygen atoms in total. The van der Waals surface area contributed by atoms with E-state index < -0.39 is 11.2 Å². The number of rotatable bonds is 4. The van der Waals surface area contributed by atoms with E-state index >= 15 is 0 Å². The SMILES string of the molecule is Cc1ccccc1NC(=S)N(C)c1c(N)n(Cc2ccccc2)c(=O)[nH]c1=O. The normalized spacial score (nSPS) is 10.5. The standard InChI is InChI=1S/C20H21N5O2S/c1-13-8-6-7-11-15(13)22-20(28)24(2)16-17(21)25(19(27)23-18(16)26)12-14-9-4-3-5-10-14/h3-11H,12,21H2,1-2H3,(H,22,28)(H,23,26,27). The predicted molar refractivity (Wildman–Crippen MR) is 117 cm³/mol. The summed E-state index contributed by atoms with van der Waals surface area (Å²) >= 11 is 5.44. The minimum absolute atomic E-state index is 0.0500. The molecule has 1 aromatic heterocycles. The van der Waals surface area contributed by atoms with Gasteiger partial charge in [-0.2, -0.15) is 0 Å². The van der Waals surface area contributed by atoms with Crippen molar-refractivity contribution in [1.29, 1.82) is 0 Å². The summed E-state index contributed by atoms with van der Waals surface area (Å²) in [4.78, 5) is 28.6. The highest BCUT2D eigenvalue weighted by atomic mass is 32.1. The number of nitrogens with zero attached hydrogens (tertiary/aromatic N) is 2. The van der Waals surface area contributed by atoms with Crippen molar-refractivity contribution >= 4 is 34.5 Å². The zero-order chi connectivity index (χ0) is 20.3. The summed E-state index contributed by atoms with van der Waals surface area (Å²) in [5.41, 5.74) is 7.88. The number of hydrogen-bond donors (Lipinski definition) is 3. The van der Waals surface area contributed by atoms with Gasteiger partial charge in [-0.05, 0) is 36.3 Å². The second kappa shape index (κ2) is 8.10. The molecule has 0 atom stereocenters. The van der Waals surface area contributed by atoms with E-state index in [1.807, 2.05) is 61.5 Å². The van der Waals surface area contributed by atoms with Crippen molar-refractivity contribution < 1.29 is 0 Å². The van der Waals surface area contributed by atoms with Crippen LogP contribution in [0.5, 0.6) is 0 Å². The Morgan fingerprint density at radius 1 is 1.14 bits per heavy atom. The van der Waals surface area contributed by atoms with E-state index in [2.05, 4.69) is 10.3 Å². The molecule has 0 saturated heterocycles. The van der Waals surface area contributed by atoms with Gasteiger partial charge in [0.15, 0.2) is 10.8 Å². The Morgan fingerprint density at radius 2 is 1.79 bits per heavy atom. The van der Waals surface area contributed by atoms with Crippen molar-refractivity contribution in [3.63, 3.8) is 0 Å². The minimum Gasteiger partial charge on any atom is -0.383 e. The summed E-state index contributed by atoms with van der Waals surface area (Å²) in [6, 6.07) is 17.0. The molecular formula is C20H21N5O2S. The number of benzene rings is 2. The first-order valence-electron chi connectivity index (χ1n) is 8.65. The van der Waals surface area contributed by atoms with Gasteiger partial charge in [-0.1, -0.05) is 48.5 Å². The largest absolute Gasteiger partial charge is 0.383 e. The summed E-state index contributed by atoms with van der Waals surface area (Å²) in [5.74, 6) is 0.0500. The lowest BCUT2D eigenvalue weighted by Crippen LogP contribution is -2.41. The second-order valence-electron chi connectivity index (χ2n) is 6.37. The van der Waals surface area contributed by atoms with E-state index in [0.717, 1.165) is 16.8 Å². The smallest absolute Gasteiger partial charge is 0.330 e. The highest BCUT2D eigenvalue weighted by Crippen LogP contribution is 2.19. The van der Waals surface area contributed by atoms with Crippen LogP contribution in [0.2, 0.25) is 0 Å². The maximum atomic E-state index is 12.5. The Morgan fingerprint density at radius 3 is 2.46 bits per heavy atom. The van der Waals surface area contributed by atoms with E-state index in [4.69, 9.17) is 18.0 Å². The molecule has 0 radical (unpaired) electrons. The number of anilines is 3. The number of nitrogen functional groups attached to an aromatic ring is 1. The van der Waals surface area contributed by atoms with Crippen LogP contribution in [0.4, 0.5) is 17.2 Å². The molecule has 0 aliphatic carbocycles. The van der Waals surface area contributed by atoms with E-state index in [0.29, 0.717) is 0 Å². The van der Waals surface area contributed by atoms with E-state index in [9.17, 15) is 9.59 Å². The number of aromatic amines is 1. The van der Waals surface area contributed by atoms with Crippen LogP contribution in [0.3, 0.4) is 0 Å². The maximum Gasteiger partial charge on any atom is 0.330 e. The van der Waals surface area contributed by atoms with Crippen molar-refractivity contribution in [2.24, 2.45) is 0 Å². The van der Waals surface area contributed by atoms with Crippen LogP contribution in [0.15, 0.2) is 64.2 Å². The van der Waals surface area contributed by atoms with Crippen LogP contribution in [-0.4, -0.2) is 21.7 Å². The first-order valence-corrected chi connectivity index (χ1v) is 9.06. The fourth-order valence-corrected chi connectivity index (χ4v) is 3.04. The maximum absolute atomic E-state index is 12.5. The van der Waals surface area contributed by atoms with E-state index in [1.54, 1.807) is 7.05 Å². The molecule has 0 saturated carbocycles. The van der Waals surface area contributed by atoms with Crippen LogP contribution in [0, 0.1) is 6.92 Å². The van der Waals surface area contributed by atoms with Crippen molar-refractivity contribution in [2.75, 3.05) is 23.0 Å². The fraction of sp³-hybridized carbons (Fsp3) is 0.150. The lowest BCUT2D eigenvalue weighted by molar-refractivity contribution is 0.732. The molecular weight excluding hydrogens is 374 g/mol. The van der Waals surface area contributed by atoms with Gasteiger partial charge in [0.25, 0.3) is 5.56 Å². The minimum atomic E-state index is -0.594. The Hall–Kier alpha value is -3.39. The van der Waals surface area contributed by atoms with Crippen LogP contribution in [0.1, 0.15) is 11.1 Å². The van der Waals surface area contributed by atoms with Gasteiger partial charge < -0.3 is 16.0 Å². The predicted octanol–water partition coefficient (Wildman–Crippen LogP) is 2.31. The summed E-state index contributed by atoms with van der Waals surface area (Å²) in [5, 5.41) is 3.40.